The number of nitrogens with two attached hydrogens (primary N) is 2. The first-order valence-electron chi connectivity index (χ1n) is 5.63. The summed E-state index contributed by atoms with van der Waals surface area (Å²) in [5, 5.41) is 0.195. The summed E-state index contributed by atoms with van der Waals surface area (Å²) in [5.74, 6) is -0.700. The van der Waals surface area contributed by atoms with Gasteiger partial charge in [-0.25, -0.2) is 8.42 Å². The lowest BCUT2D eigenvalue weighted by Crippen LogP contribution is -2.17. The summed E-state index contributed by atoms with van der Waals surface area (Å²) >= 11 is 5.86. The average Bonchev–Trinajstić information content (AvgIpc) is 2.40. The summed E-state index contributed by atoms with van der Waals surface area (Å²) in [6.45, 7) is 0. The first kappa shape index (κ1) is 15.1. The van der Waals surface area contributed by atoms with Crippen LogP contribution in [0.5, 0.6) is 0 Å². The fourth-order valence-electron chi connectivity index (χ4n) is 1.60. The zero-order valence-corrected chi connectivity index (χ0v) is 12.1. The number of halogens is 1. The Kier molecular flexibility index (Phi) is 4.01. The van der Waals surface area contributed by atoms with Crippen LogP contribution in [-0.2, 0) is 10.0 Å². The highest BCUT2D eigenvalue weighted by atomic mass is 35.5. The monoisotopic (exact) mass is 326 g/mol. The van der Waals surface area contributed by atoms with E-state index in [2.05, 4.69) is 9.71 Å². The molecule has 1 aromatic heterocycles. The zero-order valence-electron chi connectivity index (χ0n) is 10.6. The number of anilines is 2. The van der Waals surface area contributed by atoms with Crippen LogP contribution in [0.15, 0.2) is 41.6 Å². The standard InChI is InChI=1S/C12H11ClN4O3S/c13-8-3-4-16-6-10(8)17-21(19,20)11-2-1-7(12(15)18)5-9(11)14/h1-6,17H,14H2,(H2,15,18). The third-order valence-electron chi connectivity index (χ3n) is 2.60. The molecule has 0 aliphatic heterocycles. The lowest BCUT2D eigenvalue weighted by Gasteiger charge is -2.11. The third-order valence-corrected chi connectivity index (χ3v) is 4.37. The van der Waals surface area contributed by atoms with Crippen molar-refractivity contribution < 1.29 is 13.2 Å². The molecule has 0 unspecified atom stereocenters. The van der Waals surface area contributed by atoms with Crippen LogP contribution in [0.25, 0.3) is 0 Å². The van der Waals surface area contributed by atoms with Crippen LogP contribution < -0.4 is 16.2 Å². The molecular formula is C12H11ClN4O3S. The van der Waals surface area contributed by atoms with Crippen LogP contribution in [0, 0.1) is 0 Å². The molecule has 0 aliphatic rings. The minimum absolute atomic E-state index is 0.0983. The van der Waals surface area contributed by atoms with Crippen molar-refractivity contribution in [1.29, 1.82) is 0 Å². The molecular weight excluding hydrogens is 316 g/mol. The molecule has 1 heterocycles. The van der Waals surface area contributed by atoms with Gasteiger partial charge < -0.3 is 11.5 Å². The molecule has 0 spiro atoms. The van der Waals surface area contributed by atoms with Crippen molar-refractivity contribution in [1.82, 2.24) is 4.98 Å². The highest BCUT2D eigenvalue weighted by Gasteiger charge is 2.19. The zero-order chi connectivity index (χ0) is 15.6. The maximum Gasteiger partial charge on any atom is 0.264 e. The Balaban J connectivity index is 2.41. The van der Waals surface area contributed by atoms with E-state index in [4.69, 9.17) is 23.1 Å². The van der Waals surface area contributed by atoms with Gasteiger partial charge in [0.05, 0.1) is 22.6 Å². The molecule has 1 amide bonds. The van der Waals surface area contributed by atoms with Gasteiger partial charge >= 0.3 is 0 Å². The predicted octanol–water partition coefficient (Wildman–Crippen LogP) is 1.22. The van der Waals surface area contributed by atoms with E-state index in [-0.39, 0.29) is 26.9 Å². The minimum atomic E-state index is -3.96. The minimum Gasteiger partial charge on any atom is -0.398 e. The molecule has 7 nitrogen and oxygen atoms in total. The molecule has 0 bridgehead atoms. The first-order valence-corrected chi connectivity index (χ1v) is 7.49. The van der Waals surface area contributed by atoms with Gasteiger partial charge in [0, 0.05) is 11.8 Å². The Labute approximate surface area is 126 Å². The SMILES string of the molecule is NC(=O)c1ccc(S(=O)(=O)Nc2cnccc2Cl)c(N)c1. The van der Waals surface area contributed by atoms with Crippen molar-refractivity contribution in [2.75, 3.05) is 10.5 Å². The number of carbonyl (C=O) groups is 1. The predicted molar refractivity (Wildman–Crippen MR) is 79.4 cm³/mol. The number of hydrogen-bond donors (Lipinski definition) is 3. The molecule has 1 aromatic carbocycles. The van der Waals surface area contributed by atoms with E-state index in [1.807, 2.05) is 0 Å². The van der Waals surface area contributed by atoms with Crippen molar-refractivity contribution in [3.8, 4) is 0 Å². The van der Waals surface area contributed by atoms with Crippen molar-refractivity contribution in [3.05, 3.63) is 47.2 Å². The average molecular weight is 327 g/mol. The quantitative estimate of drug-likeness (QED) is 0.727. The van der Waals surface area contributed by atoms with Crippen molar-refractivity contribution in [2.24, 2.45) is 5.73 Å². The molecule has 2 rings (SSSR count). The fraction of sp³-hybridized carbons (Fsp3) is 0. The largest absolute Gasteiger partial charge is 0.398 e. The van der Waals surface area contributed by atoms with E-state index in [1.165, 1.54) is 36.7 Å². The lowest BCUT2D eigenvalue weighted by molar-refractivity contribution is 0.1000. The summed E-state index contributed by atoms with van der Waals surface area (Å²) in [7, 11) is -3.96. The molecule has 0 saturated carbocycles. The van der Waals surface area contributed by atoms with Crippen molar-refractivity contribution in [3.63, 3.8) is 0 Å². The normalized spacial score (nSPS) is 11.1. The summed E-state index contributed by atoms with van der Waals surface area (Å²) in [6.07, 6.45) is 2.70. The number of amides is 1. The molecule has 2 aromatic rings. The summed E-state index contributed by atoms with van der Waals surface area (Å²) < 4.78 is 26.8. The maximum atomic E-state index is 12.3. The van der Waals surface area contributed by atoms with Crippen molar-refractivity contribution >= 4 is 38.9 Å². The number of rotatable bonds is 4. The molecule has 110 valence electrons. The first-order chi connectivity index (χ1) is 9.81. The van der Waals surface area contributed by atoms with E-state index >= 15 is 0 Å². The number of sulfonamides is 1. The molecule has 0 aliphatic carbocycles. The van der Waals surface area contributed by atoms with Crippen LogP contribution in [-0.4, -0.2) is 19.3 Å². The molecule has 0 saturated heterocycles. The second kappa shape index (κ2) is 5.58. The molecule has 0 fully saturated rings. The Bertz CT molecular complexity index is 808. The Morgan fingerprint density at radius 2 is 2.00 bits per heavy atom. The van der Waals surface area contributed by atoms with Gasteiger partial charge in [-0.05, 0) is 24.3 Å². The highest BCUT2D eigenvalue weighted by Crippen LogP contribution is 2.26. The van der Waals surface area contributed by atoms with Crippen LogP contribution in [0.4, 0.5) is 11.4 Å². The van der Waals surface area contributed by atoms with Gasteiger partial charge in [-0.3, -0.25) is 14.5 Å². The third kappa shape index (κ3) is 3.23. The smallest absolute Gasteiger partial charge is 0.264 e. The second-order valence-corrected chi connectivity index (χ2v) is 6.14. The van der Waals surface area contributed by atoms with Gasteiger partial charge in [0.1, 0.15) is 4.90 Å². The molecule has 21 heavy (non-hydrogen) atoms. The molecule has 0 radical (unpaired) electrons. The fourth-order valence-corrected chi connectivity index (χ4v) is 2.99. The van der Waals surface area contributed by atoms with Gasteiger partial charge in [0.2, 0.25) is 5.91 Å². The number of hydrogen-bond acceptors (Lipinski definition) is 5. The van der Waals surface area contributed by atoms with E-state index < -0.39 is 15.9 Å². The number of nitrogens with zero attached hydrogens (tertiary/aromatic N) is 1. The van der Waals surface area contributed by atoms with Crippen molar-refractivity contribution in [2.45, 2.75) is 4.90 Å². The summed E-state index contributed by atoms with van der Waals surface area (Å²) in [5.41, 5.74) is 10.9. The van der Waals surface area contributed by atoms with Gasteiger partial charge in [0.25, 0.3) is 10.0 Å². The van der Waals surface area contributed by atoms with Crippen LogP contribution >= 0.6 is 11.6 Å². The molecule has 0 atom stereocenters. The van der Waals surface area contributed by atoms with E-state index in [0.29, 0.717) is 0 Å². The topological polar surface area (TPSA) is 128 Å². The van der Waals surface area contributed by atoms with Gasteiger partial charge in [-0.15, -0.1) is 0 Å². The maximum absolute atomic E-state index is 12.3. The number of benzene rings is 1. The molecule has 5 N–H and O–H groups in total. The van der Waals surface area contributed by atoms with E-state index in [0.717, 1.165) is 0 Å². The van der Waals surface area contributed by atoms with Gasteiger partial charge in [0.15, 0.2) is 0 Å². The number of pyridine rings is 1. The molecule has 9 heteroatoms. The van der Waals surface area contributed by atoms with Crippen LogP contribution in [0.2, 0.25) is 5.02 Å². The Hall–Kier alpha value is -2.32. The number of nitrogens with one attached hydrogen (secondary N) is 1. The Morgan fingerprint density at radius 1 is 1.29 bits per heavy atom. The van der Waals surface area contributed by atoms with E-state index in [9.17, 15) is 13.2 Å². The van der Waals surface area contributed by atoms with Crippen LogP contribution in [0.1, 0.15) is 10.4 Å². The number of carbonyl (C=O) groups excluding carboxylic acids is 1. The second-order valence-electron chi connectivity index (χ2n) is 4.08. The van der Waals surface area contributed by atoms with E-state index in [1.54, 1.807) is 0 Å². The summed E-state index contributed by atoms with van der Waals surface area (Å²) in [4.78, 5) is 14.6. The lowest BCUT2D eigenvalue weighted by atomic mass is 10.2. The van der Waals surface area contributed by atoms with Gasteiger partial charge in [-0.2, -0.15) is 0 Å². The summed E-state index contributed by atoms with van der Waals surface area (Å²) in [6, 6.07) is 5.11. The van der Waals surface area contributed by atoms with Crippen LogP contribution in [0.3, 0.4) is 0 Å². The Morgan fingerprint density at radius 3 is 2.57 bits per heavy atom. The van der Waals surface area contributed by atoms with Gasteiger partial charge in [-0.1, -0.05) is 11.6 Å². The number of primary amides is 1. The highest BCUT2D eigenvalue weighted by molar-refractivity contribution is 7.92. The number of aromatic nitrogens is 1. The number of nitrogen functional groups attached to an aromatic ring is 1.